The third kappa shape index (κ3) is 2.02. The summed E-state index contributed by atoms with van der Waals surface area (Å²) >= 11 is 0. The molecular weight excluding hydrogens is 328 g/mol. The van der Waals surface area contributed by atoms with Crippen LogP contribution in [0, 0.1) is 6.92 Å². The van der Waals surface area contributed by atoms with Gasteiger partial charge in [0.15, 0.2) is 0 Å². The number of fused-ring (bicyclic) bond motifs is 3. The van der Waals surface area contributed by atoms with Crippen molar-refractivity contribution in [3.63, 3.8) is 0 Å². The van der Waals surface area contributed by atoms with E-state index in [1.165, 1.54) is 4.90 Å². The number of imide groups is 1. The Bertz CT molecular complexity index is 1050. The summed E-state index contributed by atoms with van der Waals surface area (Å²) in [7, 11) is 0. The number of rotatable bonds is 2. The fourth-order valence-corrected chi connectivity index (χ4v) is 4.03. The number of carbonyl (C=O) groups excluding carboxylic acids is 2. The molecule has 1 saturated heterocycles. The van der Waals surface area contributed by atoms with Crippen LogP contribution in [0.5, 0.6) is 0 Å². The molecule has 0 radical (unpaired) electrons. The molecule has 130 valence electrons. The van der Waals surface area contributed by atoms with Crippen molar-refractivity contribution in [1.82, 2.24) is 9.55 Å². The largest absolute Gasteiger partial charge is 0.328 e. The van der Waals surface area contributed by atoms with E-state index in [4.69, 9.17) is 4.98 Å². The number of aryl methyl sites for hydroxylation is 1. The molecule has 6 heteroatoms. The van der Waals surface area contributed by atoms with Crippen LogP contribution in [0.1, 0.15) is 12.0 Å². The van der Waals surface area contributed by atoms with Gasteiger partial charge >= 0.3 is 0 Å². The van der Waals surface area contributed by atoms with Crippen LogP contribution in [0.15, 0.2) is 48.5 Å². The van der Waals surface area contributed by atoms with Crippen molar-refractivity contribution in [3.8, 4) is 0 Å². The van der Waals surface area contributed by atoms with Gasteiger partial charge in [-0.15, -0.1) is 0 Å². The van der Waals surface area contributed by atoms with Crippen LogP contribution < -0.4 is 9.80 Å². The summed E-state index contributed by atoms with van der Waals surface area (Å²) in [6.07, 6.45) is 0.191. The zero-order chi connectivity index (χ0) is 17.8. The topological polar surface area (TPSA) is 58.4 Å². The molecule has 2 aliphatic rings. The summed E-state index contributed by atoms with van der Waals surface area (Å²) < 4.78 is 2.13. The second-order valence-electron chi connectivity index (χ2n) is 6.82. The van der Waals surface area contributed by atoms with Gasteiger partial charge in [-0.3, -0.25) is 9.59 Å². The standard InChI is InChI=1S/C20H18N4O2/c1-13-6-2-4-8-15(13)24-18(25)12-17(19(24)26)23-11-10-22-16-9-5-3-7-14(16)21-20(22)23/h2-9,17H,10-12H2,1H3. The van der Waals surface area contributed by atoms with Crippen LogP contribution in [0.25, 0.3) is 11.0 Å². The van der Waals surface area contributed by atoms with Gasteiger partial charge in [0.25, 0.3) is 5.91 Å². The minimum absolute atomic E-state index is 0.149. The van der Waals surface area contributed by atoms with Crippen LogP contribution in [0.4, 0.5) is 11.6 Å². The number of benzene rings is 2. The monoisotopic (exact) mass is 346 g/mol. The minimum atomic E-state index is -0.486. The molecule has 0 N–H and O–H groups in total. The van der Waals surface area contributed by atoms with Crippen LogP contribution in [-0.2, 0) is 16.1 Å². The second kappa shape index (κ2) is 5.42. The summed E-state index contributed by atoms with van der Waals surface area (Å²) in [5.74, 6) is 0.470. The number of hydrogen-bond donors (Lipinski definition) is 0. The molecule has 0 aliphatic carbocycles. The van der Waals surface area contributed by atoms with E-state index in [2.05, 4.69) is 4.57 Å². The zero-order valence-corrected chi connectivity index (χ0v) is 14.4. The molecule has 0 saturated carbocycles. The lowest BCUT2D eigenvalue weighted by molar-refractivity contribution is -0.121. The van der Waals surface area contributed by atoms with Gasteiger partial charge < -0.3 is 9.47 Å². The summed E-state index contributed by atoms with van der Waals surface area (Å²) in [5.41, 5.74) is 3.58. The van der Waals surface area contributed by atoms with E-state index < -0.39 is 6.04 Å². The maximum atomic E-state index is 13.1. The van der Waals surface area contributed by atoms with Gasteiger partial charge in [-0.25, -0.2) is 9.88 Å². The smallest absolute Gasteiger partial charge is 0.257 e. The normalized spacial score (nSPS) is 19.7. The number of imidazole rings is 1. The first-order valence-corrected chi connectivity index (χ1v) is 8.79. The lowest BCUT2D eigenvalue weighted by Gasteiger charge is -2.23. The average molecular weight is 346 g/mol. The first-order chi connectivity index (χ1) is 12.6. The molecule has 26 heavy (non-hydrogen) atoms. The Balaban J connectivity index is 1.53. The highest BCUT2D eigenvalue weighted by molar-refractivity contribution is 6.23. The van der Waals surface area contributed by atoms with Crippen molar-refractivity contribution in [2.75, 3.05) is 16.3 Å². The van der Waals surface area contributed by atoms with Crippen LogP contribution in [0.3, 0.4) is 0 Å². The first kappa shape index (κ1) is 15.1. The third-order valence-corrected chi connectivity index (χ3v) is 5.31. The van der Waals surface area contributed by atoms with Gasteiger partial charge in [-0.2, -0.15) is 0 Å². The van der Waals surface area contributed by atoms with E-state index in [0.29, 0.717) is 12.2 Å². The number of nitrogens with zero attached hydrogens (tertiary/aromatic N) is 4. The van der Waals surface area contributed by atoms with Crippen LogP contribution in [-0.4, -0.2) is 34.0 Å². The summed E-state index contributed by atoms with van der Waals surface area (Å²) in [6, 6.07) is 15.0. The molecule has 1 aromatic heterocycles. The number of carbonyl (C=O) groups is 2. The second-order valence-corrected chi connectivity index (χ2v) is 6.82. The Labute approximate surface area is 150 Å². The Kier molecular flexibility index (Phi) is 3.16. The average Bonchev–Trinajstić information content (AvgIpc) is 3.28. The molecule has 2 aliphatic heterocycles. The molecule has 1 fully saturated rings. The number of aromatic nitrogens is 2. The molecule has 0 bridgehead atoms. The highest BCUT2D eigenvalue weighted by Gasteiger charge is 2.45. The summed E-state index contributed by atoms with van der Waals surface area (Å²) in [6.45, 7) is 3.38. The van der Waals surface area contributed by atoms with Crippen LogP contribution in [0.2, 0.25) is 0 Å². The van der Waals surface area contributed by atoms with E-state index in [0.717, 1.165) is 29.1 Å². The molecule has 0 spiro atoms. The van der Waals surface area contributed by atoms with E-state index in [1.54, 1.807) is 0 Å². The van der Waals surface area contributed by atoms with Gasteiger partial charge in [0.1, 0.15) is 6.04 Å². The Morgan fingerprint density at radius 3 is 2.62 bits per heavy atom. The van der Waals surface area contributed by atoms with Crippen molar-refractivity contribution < 1.29 is 9.59 Å². The maximum Gasteiger partial charge on any atom is 0.257 e. The van der Waals surface area contributed by atoms with Gasteiger partial charge in [0.2, 0.25) is 11.9 Å². The SMILES string of the molecule is Cc1ccccc1N1C(=O)CC(N2CCn3c2nc2ccccc23)C1=O. The summed E-state index contributed by atoms with van der Waals surface area (Å²) in [4.78, 5) is 33.8. The lowest BCUT2D eigenvalue weighted by atomic mass is 10.2. The zero-order valence-electron chi connectivity index (χ0n) is 14.4. The van der Waals surface area contributed by atoms with E-state index in [1.807, 2.05) is 60.4 Å². The van der Waals surface area contributed by atoms with Gasteiger partial charge in [-0.05, 0) is 30.7 Å². The molecule has 6 nitrogen and oxygen atoms in total. The van der Waals surface area contributed by atoms with Gasteiger partial charge in [0.05, 0.1) is 23.1 Å². The highest BCUT2D eigenvalue weighted by Crippen LogP contribution is 2.34. The fraction of sp³-hybridized carbons (Fsp3) is 0.250. The number of anilines is 2. The van der Waals surface area contributed by atoms with Crippen molar-refractivity contribution in [1.29, 1.82) is 0 Å². The number of hydrogen-bond acceptors (Lipinski definition) is 4. The number of amides is 2. The summed E-state index contributed by atoms with van der Waals surface area (Å²) in [5, 5.41) is 0. The molecule has 1 atom stereocenters. The van der Waals surface area contributed by atoms with Crippen molar-refractivity contribution in [3.05, 3.63) is 54.1 Å². The van der Waals surface area contributed by atoms with Crippen molar-refractivity contribution in [2.24, 2.45) is 0 Å². The van der Waals surface area contributed by atoms with Crippen molar-refractivity contribution in [2.45, 2.75) is 25.9 Å². The van der Waals surface area contributed by atoms with E-state index in [-0.39, 0.29) is 18.2 Å². The van der Waals surface area contributed by atoms with E-state index >= 15 is 0 Å². The molecule has 3 heterocycles. The van der Waals surface area contributed by atoms with Crippen LogP contribution >= 0.6 is 0 Å². The lowest BCUT2D eigenvalue weighted by Crippen LogP contribution is -2.41. The number of para-hydroxylation sites is 3. The highest BCUT2D eigenvalue weighted by atomic mass is 16.2. The van der Waals surface area contributed by atoms with Gasteiger partial charge in [0, 0.05) is 13.1 Å². The molecule has 2 aromatic carbocycles. The molecule has 2 amide bonds. The molecule has 1 unspecified atom stereocenters. The Morgan fingerprint density at radius 1 is 1.00 bits per heavy atom. The predicted octanol–water partition coefficient (Wildman–Crippen LogP) is 2.50. The molecular formula is C20H18N4O2. The Morgan fingerprint density at radius 2 is 1.77 bits per heavy atom. The quantitative estimate of drug-likeness (QED) is 0.669. The first-order valence-electron chi connectivity index (χ1n) is 8.79. The maximum absolute atomic E-state index is 13.1. The van der Waals surface area contributed by atoms with Gasteiger partial charge in [-0.1, -0.05) is 30.3 Å². The fourth-order valence-electron chi connectivity index (χ4n) is 4.03. The van der Waals surface area contributed by atoms with E-state index in [9.17, 15) is 9.59 Å². The third-order valence-electron chi connectivity index (χ3n) is 5.31. The predicted molar refractivity (Wildman–Crippen MR) is 99.2 cm³/mol. The molecule has 5 rings (SSSR count). The Hall–Kier alpha value is -3.15. The minimum Gasteiger partial charge on any atom is -0.328 e. The van der Waals surface area contributed by atoms with Crippen molar-refractivity contribution >= 4 is 34.5 Å². The molecule has 3 aromatic rings.